The molecular formula is C23H24N4O2. The molecule has 0 saturated carbocycles. The van der Waals surface area contributed by atoms with E-state index in [1.807, 2.05) is 30.5 Å². The summed E-state index contributed by atoms with van der Waals surface area (Å²) in [6, 6.07) is 15.4. The lowest BCUT2D eigenvalue weighted by Crippen LogP contribution is -2.31. The van der Waals surface area contributed by atoms with Gasteiger partial charge in [0.1, 0.15) is 5.69 Å². The lowest BCUT2D eigenvalue weighted by Gasteiger charge is -2.35. The monoisotopic (exact) mass is 388 g/mol. The van der Waals surface area contributed by atoms with Crippen molar-refractivity contribution in [1.82, 2.24) is 15.0 Å². The predicted octanol–water partition coefficient (Wildman–Crippen LogP) is 4.71. The lowest BCUT2D eigenvalue weighted by molar-refractivity contribution is 0.0697. The second kappa shape index (κ2) is 7.91. The average Bonchev–Trinajstić information content (AvgIpc) is 3.22. The van der Waals surface area contributed by atoms with Gasteiger partial charge in [0, 0.05) is 0 Å². The number of aromatic carboxylic acids is 1. The van der Waals surface area contributed by atoms with Crippen LogP contribution in [0.25, 0.3) is 11.1 Å². The molecule has 0 fully saturated rings. The van der Waals surface area contributed by atoms with E-state index < -0.39 is 5.97 Å². The van der Waals surface area contributed by atoms with Crippen molar-refractivity contribution in [3.05, 3.63) is 77.4 Å². The van der Waals surface area contributed by atoms with Crippen LogP contribution in [0.5, 0.6) is 0 Å². The number of carbonyl (C=O) groups is 1. The van der Waals surface area contributed by atoms with Crippen molar-refractivity contribution in [2.24, 2.45) is 11.0 Å². The highest BCUT2D eigenvalue weighted by Crippen LogP contribution is 2.35. The number of rotatable bonds is 6. The Balaban J connectivity index is 1.66. The van der Waals surface area contributed by atoms with Gasteiger partial charge < -0.3 is 10.1 Å². The average molecular weight is 388 g/mol. The van der Waals surface area contributed by atoms with Crippen LogP contribution in [0.15, 0.2) is 60.0 Å². The highest BCUT2D eigenvalue weighted by molar-refractivity contribution is 5.96. The van der Waals surface area contributed by atoms with Gasteiger partial charge in [0.25, 0.3) is 0 Å². The molecule has 2 atom stereocenters. The number of nitrogens with zero attached hydrogens (tertiary/aromatic N) is 3. The standard InChI is InChI=1S/C23H24N4O2/c1-3-15(2)22(27-13-21-20(12-26-27)24-14-25-21)17-10-8-16(9-11-17)18-6-4-5-7-19(18)23(28)29/h4-12,14-15,22H,3,13H2,1-2H3,(H,24,25)(H,28,29). The Bertz CT molecular complexity index is 1040. The van der Waals surface area contributed by atoms with E-state index in [4.69, 9.17) is 0 Å². The van der Waals surface area contributed by atoms with E-state index in [0.717, 1.165) is 34.5 Å². The number of hydrogen-bond donors (Lipinski definition) is 2. The van der Waals surface area contributed by atoms with E-state index in [9.17, 15) is 9.90 Å². The molecule has 6 heteroatoms. The van der Waals surface area contributed by atoms with E-state index in [2.05, 4.69) is 46.1 Å². The Morgan fingerprint density at radius 1 is 1.21 bits per heavy atom. The normalized spacial score (nSPS) is 15.0. The van der Waals surface area contributed by atoms with Gasteiger partial charge in [-0.3, -0.25) is 5.01 Å². The second-order valence-corrected chi connectivity index (χ2v) is 7.41. The predicted molar refractivity (Wildman–Crippen MR) is 113 cm³/mol. The first-order valence-electron chi connectivity index (χ1n) is 9.84. The van der Waals surface area contributed by atoms with Crippen LogP contribution in [0.4, 0.5) is 0 Å². The van der Waals surface area contributed by atoms with Crippen molar-refractivity contribution < 1.29 is 9.90 Å². The van der Waals surface area contributed by atoms with Crippen molar-refractivity contribution >= 4 is 12.2 Å². The fraction of sp³-hybridized carbons (Fsp3) is 0.261. The Morgan fingerprint density at radius 2 is 1.97 bits per heavy atom. The van der Waals surface area contributed by atoms with Crippen LogP contribution < -0.4 is 0 Å². The van der Waals surface area contributed by atoms with Gasteiger partial charge >= 0.3 is 5.97 Å². The summed E-state index contributed by atoms with van der Waals surface area (Å²) in [7, 11) is 0. The Kier molecular flexibility index (Phi) is 5.16. The van der Waals surface area contributed by atoms with Crippen molar-refractivity contribution in [2.45, 2.75) is 32.9 Å². The minimum Gasteiger partial charge on any atom is -0.478 e. The molecule has 0 spiro atoms. The molecule has 1 aromatic heterocycles. The molecule has 1 aliphatic rings. The summed E-state index contributed by atoms with van der Waals surface area (Å²) >= 11 is 0. The molecule has 4 rings (SSSR count). The maximum absolute atomic E-state index is 11.6. The molecule has 0 amide bonds. The molecule has 6 nitrogen and oxygen atoms in total. The number of fused-ring (bicyclic) bond motifs is 1. The number of carboxylic acid groups (broad SMARTS) is 1. The van der Waals surface area contributed by atoms with Crippen LogP contribution in [0.1, 0.15) is 53.6 Å². The minimum absolute atomic E-state index is 0.122. The molecule has 2 N–H and O–H groups in total. The highest BCUT2D eigenvalue weighted by Gasteiger charge is 2.27. The summed E-state index contributed by atoms with van der Waals surface area (Å²) in [6.07, 6.45) is 4.53. The Hall–Kier alpha value is -3.41. The van der Waals surface area contributed by atoms with Crippen molar-refractivity contribution in [1.29, 1.82) is 0 Å². The molecule has 2 aromatic carbocycles. The first-order valence-corrected chi connectivity index (χ1v) is 9.84. The number of nitrogens with one attached hydrogen (secondary N) is 1. The van der Waals surface area contributed by atoms with E-state index >= 15 is 0 Å². The number of H-pyrrole nitrogens is 1. The van der Waals surface area contributed by atoms with Crippen LogP contribution in [0, 0.1) is 5.92 Å². The van der Waals surface area contributed by atoms with Crippen LogP contribution in [0.3, 0.4) is 0 Å². The zero-order valence-corrected chi connectivity index (χ0v) is 16.5. The summed E-state index contributed by atoms with van der Waals surface area (Å²) in [5.74, 6) is -0.519. The zero-order chi connectivity index (χ0) is 20.4. The summed E-state index contributed by atoms with van der Waals surface area (Å²) in [4.78, 5) is 19.0. The lowest BCUT2D eigenvalue weighted by atomic mass is 9.90. The number of aromatic nitrogens is 2. The van der Waals surface area contributed by atoms with Gasteiger partial charge in [-0.05, 0) is 28.7 Å². The van der Waals surface area contributed by atoms with E-state index in [-0.39, 0.29) is 6.04 Å². The number of carboxylic acids is 1. The van der Waals surface area contributed by atoms with Crippen molar-refractivity contribution in [2.75, 3.05) is 0 Å². The van der Waals surface area contributed by atoms with Gasteiger partial charge in [-0.25, -0.2) is 9.78 Å². The van der Waals surface area contributed by atoms with E-state index in [1.54, 1.807) is 18.5 Å². The summed E-state index contributed by atoms with van der Waals surface area (Å²) in [6.45, 7) is 5.10. The number of benzene rings is 2. The van der Waals surface area contributed by atoms with Gasteiger partial charge in [0.2, 0.25) is 0 Å². The third-order valence-corrected chi connectivity index (χ3v) is 5.62. The van der Waals surface area contributed by atoms with E-state index in [0.29, 0.717) is 18.0 Å². The molecule has 0 bridgehead atoms. The first kappa shape index (κ1) is 18.9. The minimum atomic E-state index is -0.917. The molecule has 29 heavy (non-hydrogen) atoms. The fourth-order valence-corrected chi connectivity index (χ4v) is 3.87. The molecule has 2 heterocycles. The Morgan fingerprint density at radius 3 is 2.69 bits per heavy atom. The van der Waals surface area contributed by atoms with Gasteiger partial charge in [-0.15, -0.1) is 0 Å². The van der Waals surface area contributed by atoms with Crippen LogP contribution in [0.2, 0.25) is 0 Å². The third-order valence-electron chi connectivity index (χ3n) is 5.62. The quantitative estimate of drug-likeness (QED) is 0.641. The molecule has 0 aliphatic carbocycles. The molecule has 0 radical (unpaired) electrons. The number of imidazole rings is 1. The van der Waals surface area contributed by atoms with Crippen LogP contribution >= 0.6 is 0 Å². The Labute approximate surface area is 169 Å². The molecule has 3 aromatic rings. The maximum atomic E-state index is 11.6. The van der Waals surface area contributed by atoms with Crippen molar-refractivity contribution in [3.8, 4) is 11.1 Å². The molecule has 1 aliphatic heterocycles. The molecule has 2 unspecified atom stereocenters. The van der Waals surface area contributed by atoms with Gasteiger partial charge in [0.15, 0.2) is 0 Å². The smallest absolute Gasteiger partial charge is 0.336 e. The number of hydrogen-bond acceptors (Lipinski definition) is 4. The SMILES string of the molecule is CCC(C)C(c1ccc(-c2ccccc2C(=O)O)cc1)N1Cc2[nH]cnc2C=N1. The van der Waals surface area contributed by atoms with Crippen LogP contribution in [-0.2, 0) is 6.54 Å². The maximum Gasteiger partial charge on any atom is 0.336 e. The molecular weight excluding hydrogens is 364 g/mol. The number of aromatic amines is 1. The van der Waals surface area contributed by atoms with E-state index in [1.165, 1.54) is 0 Å². The third kappa shape index (κ3) is 3.66. The van der Waals surface area contributed by atoms with Crippen LogP contribution in [-0.4, -0.2) is 32.3 Å². The van der Waals surface area contributed by atoms with Gasteiger partial charge in [-0.1, -0.05) is 62.7 Å². The topological polar surface area (TPSA) is 81.6 Å². The van der Waals surface area contributed by atoms with Crippen molar-refractivity contribution in [3.63, 3.8) is 0 Å². The largest absolute Gasteiger partial charge is 0.478 e. The fourth-order valence-electron chi connectivity index (χ4n) is 3.87. The summed E-state index contributed by atoms with van der Waals surface area (Å²) < 4.78 is 0. The highest BCUT2D eigenvalue weighted by atomic mass is 16.4. The summed E-state index contributed by atoms with van der Waals surface area (Å²) in [5, 5.41) is 16.2. The van der Waals surface area contributed by atoms with Gasteiger partial charge in [-0.2, -0.15) is 5.10 Å². The molecule has 148 valence electrons. The zero-order valence-electron chi connectivity index (χ0n) is 16.5. The molecule has 0 saturated heterocycles. The number of hydrazone groups is 1. The summed E-state index contributed by atoms with van der Waals surface area (Å²) in [5.41, 5.74) is 5.06. The van der Waals surface area contributed by atoms with Gasteiger partial charge in [0.05, 0.1) is 36.4 Å². The second-order valence-electron chi connectivity index (χ2n) is 7.41. The first-order chi connectivity index (χ1) is 14.1.